The molecule has 4 aromatic rings. The van der Waals surface area contributed by atoms with E-state index in [1.165, 1.54) is 17.7 Å². The quantitative estimate of drug-likeness (QED) is 0.357. The number of H-pyrrole nitrogens is 1. The molecular formula is C28H26FN3O. The number of aliphatic hydroxyl groups excluding tert-OH is 1. The molecule has 5 heteroatoms. The minimum atomic E-state index is -0.324. The van der Waals surface area contributed by atoms with E-state index >= 15 is 0 Å². The van der Waals surface area contributed by atoms with Crippen LogP contribution in [-0.2, 0) is 6.42 Å². The Morgan fingerprint density at radius 1 is 0.939 bits per heavy atom. The van der Waals surface area contributed by atoms with Gasteiger partial charge < -0.3 is 10.1 Å². The zero-order valence-electron chi connectivity index (χ0n) is 18.3. The van der Waals surface area contributed by atoms with E-state index in [-0.39, 0.29) is 24.3 Å². The van der Waals surface area contributed by atoms with Gasteiger partial charge in [0.25, 0.3) is 0 Å². The van der Waals surface area contributed by atoms with E-state index < -0.39 is 0 Å². The zero-order chi connectivity index (χ0) is 22.9. The van der Waals surface area contributed by atoms with Crippen molar-refractivity contribution in [3.8, 4) is 23.1 Å². The predicted molar refractivity (Wildman–Crippen MR) is 128 cm³/mol. The second-order valence-corrected chi connectivity index (χ2v) is 7.94. The Labute approximate surface area is 193 Å². The lowest BCUT2D eigenvalue weighted by atomic mass is 9.90. The van der Waals surface area contributed by atoms with Crippen LogP contribution in [0.4, 0.5) is 4.39 Å². The smallest absolute Gasteiger partial charge is 0.123 e. The largest absolute Gasteiger partial charge is 0.395 e. The van der Waals surface area contributed by atoms with Gasteiger partial charge in [0.1, 0.15) is 11.6 Å². The number of aromatic amines is 1. The molecule has 0 saturated heterocycles. The van der Waals surface area contributed by atoms with Crippen molar-refractivity contribution in [1.82, 2.24) is 15.0 Å². The number of nitrogens with zero attached hydrogens (tertiary/aromatic N) is 2. The standard InChI is InChI=1S/C28H26FN3O/c29-26-12-9-23(10-13-26)25(20-33)8-4-7-22(21-5-2-1-3-6-21)11-14-28-31-19-27(32-28)24-15-17-30-18-16-24/h1-3,5-6,9-10,12-13,15-19,22,25,33H,7,11,14,20H2,(H,31,32). The second-order valence-electron chi connectivity index (χ2n) is 7.94. The molecule has 0 bridgehead atoms. The fourth-order valence-corrected chi connectivity index (χ4v) is 3.83. The number of benzene rings is 2. The number of imidazole rings is 1. The molecule has 2 aromatic carbocycles. The molecular weight excluding hydrogens is 413 g/mol. The summed E-state index contributed by atoms with van der Waals surface area (Å²) in [5, 5.41) is 9.77. The van der Waals surface area contributed by atoms with Crippen LogP contribution in [0.3, 0.4) is 0 Å². The Hall–Kier alpha value is -3.75. The number of aryl methyl sites for hydroxylation is 1. The van der Waals surface area contributed by atoms with Crippen LogP contribution in [-0.4, -0.2) is 26.7 Å². The minimum absolute atomic E-state index is 0.0984. The topological polar surface area (TPSA) is 61.8 Å². The van der Waals surface area contributed by atoms with Crippen molar-refractivity contribution in [3.05, 3.63) is 108 Å². The lowest BCUT2D eigenvalue weighted by Crippen LogP contribution is -2.03. The van der Waals surface area contributed by atoms with Crippen LogP contribution in [0.1, 0.15) is 41.6 Å². The van der Waals surface area contributed by atoms with E-state index in [2.05, 4.69) is 38.9 Å². The molecule has 2 heterocycles. The van der Waals surface area contributed by atoms with Crippen molar-refractivity contribution in [1.29, 1.82) is 0 Å². The van der Waals surface area contributed by atoms with Crippen LogP contribution in [0.25, 0.3) is 11.3 Å². The highest BCUT2D eigenvalue weighted by Crippen LogP contribution is 2.26. The van der Waals surface area contributed by atoms with Crippen LogP contribution in [0.5, 0.6) is 0 Å². The molecule has 2 unspecified atom stereocenters. The van der Waals surface area contributed by atoms with Gasteiger partial charge in [0.2, 0.25) is 0 Å². The Morgan fingerprint density at radius 3 is 2.42 bits per heavy atom. The molecule has 0 aliphatic heterocycles. The lowest BCUT2D eigenvalue weighted by Gasteiger charge is -2.14. The summed E-state index contributed by atoms with van der Waals surface area (Å²) < 4.78 is 13.2. The second kappa shape index (κ2) is 11.2. The molecule has 0 amide bonds. The van der Waals surface area contributed by atoms with Gasteiger partial charge in [-0.25, -0.2) is 9.37 Å². The first-order valence-electron chi connectivity index (χ1n) is 11.1. The average Bonchev–Trinajstić information content (AvgIpc) is 3.35. The van der Waals surface area contributed by atoms with Crippen molar-refractivity contribution in [3.63, 3.8) is 0 Å². The summed E-state index contributed by atoms with van der Waals surface area (Å²) in [6.45, 7) is -0.0984. The van der Waals surface area contributed by atoms with Crippen molar-refractivity contribution < 1.29 is 9.50 Å². The molecule has 2 N–H and O–H groups in total. The van der Waals surface area contributed by atoms with Gasteiger partial charge >= 0.3 is 0 Å². The first-order valence-corrected chi connectivity index (χ1v) is 11.1. The third-order valence-corrected chi connectivity index (χ3v) is 5.70. The highest BCUT2D eigenvalue weighted by molar-refractivity contribution is 5.57. The van der Waals surface area contributed by atoms with Crippen molar-refractivity contribution in [2.75, 3.05) is 6.61 Å². The maximum atomic E-state index is 13.2. The molecule has 166 valence electrons. The molecule has 0 saturated carbocycles. The van der Waals surface area contributed by atoms with Crippen molar-refractivity contribution >= 4 is 0 Å². The van der Waals surface area contributed by atoms with E-state index in [0.717, 1.165) is 35.5 Å². The number of nitrogens with one attached hydrogen (secondary N) is 1. The molecule has 4 rings (SSSR count). The number of hydrogen-bond acceptors (Lipinski definition) is 3. The van der Waals surface area contributed by atoms with Gasteiger partial charge in [-0.1, -0.05) is 48.4 Å². The summed E-state index contributed by atoms with van der Waals surface area (Å²) in [4.78, 5) is 12.0. The van der Waals surface area contributed by atoms with Gasteiger partial charge in [-0.2, -0.15) is 0 Å². The first kappa shape index (κ1) is 22.4. The van der Waals surface area contributed by atoms with E-state index in [9.17, 15) is 9.50 Å². The SMILES string of the molecule is OCC(C#CCC(CCc1ncc(-c2ccncc2)[nH]1)c1ccccc1)c1ccc(F)cc1. The maximum Gasteiger partial charge on any atom is 0.123 e. The number of rotatable bonds is 8. The number of hydrogen-bond donors (Lipinski definition) is 2. The average molecular weight is 440 g/mol. The predicted octanol–water partition coefficient (Wildman–Crippen LogP) is 5.50. The molecule has 0 fully saturated rings. The zero-order valence-corrected chi connectivity index (χ0v) is 18.3. The van der Waals surface area contributed by atoms with Crippen LogP contribution in [0.15, 0.2) is 85.3 Å². The van der Waals surface area contributed by atoms with E-state index in [1.807, 2.05) is 36.5 Å². The monoisotopic (exact) mass is 439 g/mol. The van der Waals surface area contributed by atoms with Crippen molar-refractivity contribution in [2.24, 2.45) is 0 Å². The summed E-state index contributed by atoms with van der Waals surface area (Å²) in [5.74, 6) is 7.01. The number of aliphatic hydroxyl groups is 1. The first-order chi connectivity index (χ1) is 16.2. The van der Waals surface area contributed by atoms with Gasteiger partial charge in [-0.3, -0.25) is 4.98 Å². The van der Waals surface area contributed by atoms with Crippen LogP contribution in [0.2, 0.25) is 0 Å². The van der Waals surface area contributed by atoms with Gasteiger partial charge in [0, 0.05) is 30.8 Å². The fourth-order valence-electron chi connectivity index (χ4n) is 3.83. The summed E-state index contributed by atoms with van der Waals surface area (Å²) in [6, 6.07) is 20.4. The Bertz CT molecular complexity index is 1190. The molecule has 0 spiro atoms. The summed E-state index contributed by atoms with van der Waals surface area (Å²) in [7, 11) is 0. The van der Waals surface area contributed by atoms with E-state index in [1.54, 1.807) is 24.5 Å². The highest BCUT2D eigenvalue weighted by Gasteiger charge is 2.13. The van der Waals surface area contributed by atoms with Gasteiger partial charge in [-0.15, -0.1) is 5.92 Å². The molecule has 2 atom stereocenters. The van der Waals surface area contributed by atoms with Crippen LogP contribution >= 0.6 is 0 Å². The third-order valence-electron chi connectivity index (χ3n) is 5.70. The minimum Gasteiger partial charge on any atom is -0.395 e. The molecule has 4 nitrogen and oxygen atoms in total. The van der Waals surface area contributed by atoms with Crippen molar-refractivity contribution in [2.45, 2.75) is 31.1 Å². The number of aromatic nitrogens is 3. The van der Waals surface area contributed by atoms with Gasteiger partial charge in [-0.05, 0) is 47.7 Å². The summed E-state index contributed by atoms with van der Waals surface area (Å²) >= 11 is 0. The Morgan fingerprint density at radius 2 is 1.70 bits per heavy atom. The maximum absolute atomic E-state index is 13.2. The fraction of sp³-hybridized carbons (Fsp3) is 0.214. The molecule has 33 heavy (non-hydrogen) atoms. The number of halogens is 1. The van der Waals surface area contributed by atoms with E-state index in [0.29, 0.717) is 6.42 Å². The van der Waals surface area contributed by atoms with Crippen LogP contribution < -0.4 is 0 Å². The van der Waals surface area contributed by atoms with E-state index in [4.69, 9.17) is 0 Å². The Balaban J connectivity index is 1.45. The lowest BCUT2D eigenvalue weighted by molar-refractivity contribution is 0.286. The molecule has 0 radical (unpaired) electrons. The molecule has 0 aliphatic carbocycles. The van der Waals surface area contributed by atoms with Gasteiger partial charge in [0.05, 0.1) is 24.4 Å². The normalized spacial score (nSPS) is 12.5. The third kappa shape index (κ3) is 6.15. The number of pyridine rings is 1. The molecule has 2 aromatic heterocycles. The van der Waals surface area contributed by atoms with Gasteiger partial charge in [0.15, 0.2) is 0 Å². The summed E-state index contributed by atoms with van der Waals surface area (Å²) in [6.07, 6.45) is 7.75. The summed E-state index contributed by atoms with van der Waals surface area (Å²) in [5.41, 5.74) is 4.09. The Kier molecular flexibility index (Phi) is 7.63. The molecule has 0 aliphatic rings. The van der Waals surface area contributed by atoms with Crippen LogP contribution in [0, 0.1) is 17.7 Å². The highest BCUT2D eigenvalue weighted by atomic mass is 19.1.